The second kappa shape index (κ2) is 10.2. The number of terminal acetylenes is 1. The van der Waals surface area contributed by atoms with Crippen LogP contribution in [0.3, 0.4) is 0 Å². The molecule has 44 heavy (non-hydrogen) atoms. The van der Waals surface area contributed by atoms with Crippen LogP contribution in [-0.2, 0) is 4.74 Å². The van der Waals surface area contributed by atoms with Gasteiger partial charge in [0, 0.05) is 46.6 Å². The number of halogens is 3. The van der Waals surface area contributed by atoms with Gasteiger partial charge in [-0.3, -0.25) is 9.88 Å². The number of fused-ring (bicyclic) bond motifs is 4. The summed E-state index contributed by atoms with van der Waals surface area (Å²) in [6.07, 6.45) is 10.3. The predicted octanol–water partition coefficient (Wildman–Crippen LogP) is 7.53. The maximum atomic E-state index is 17.0. The van der Waals surface area contributed by atoms with Gasteiger partial charge in [-0.2, -0.15) is 0 Å². The van der Waals surface area contributed by atoms with Crippen molar-refractivity contribution in [3.63, 3.8) is 0 Å². The number of phenols is 1. The lowest BCUT2D eigenvalue weighted by molar-refractivity contribution is 0.0123. The summed E-state index contributed by atoms with van der Waals surface area (Å²) in [5.41, 5.74) is 0.104. The fourth-order valence-corrected chi connectivity index (χ4v) is 7.18. The summed E-state index contributed by atoms with van der Waals surface area (Å²) in [7, 11) is 0. The molecule has 0 spiro atoms. The van der Waals surface area contributed by atoms with Gasteiger partial charge in [-0.25, -0.2) is 18.6 Å². The van der Waals surface area contributed by atoms with Gasteiger partial charge in [-0.1, -0.05) is 23.6 Å². The van der Waals surface area contributed by atoms with E-state index in [9.17, 15) is 14.3 Å². The number of rotatable bonds is 3. The molecule has 0 radical (unpaired) electrons. The minimum absolute atomic E-state index is 0.0343. The number of pyridine rings is 2. The number of aromatic hydroxyl groups is 1. The van der Waals surface area contributed by atoms with Crippen LogP contribution in [0.15, 0.2) is 30.5 Å². The summed E-state index contributed by atoms with van der Waals surface area (Å²) in [6.45, 7) is 6.52. The van der Waals surface area contributed by atoms with Gasteiger partial charge >= 0.3 is 6.09 Å². The number of phenolic OH excluding ortho intramolecular Hbond substituents is 1. The second-order valence-corrected chi connectivity index (χ2v) is 13.3. The van der Waals surface area contributed by atoms with E-state index in [1.807, 2.05) is 25.7 Å². The van der Waals surface area contributed by atoms with Crippen LogP contribution < -0.4 is 4.90 Å². The first-order valence-electron chi connectivity index (χ1n) is 14.8. The van der Waals surface area contributed by atoms with E-state index in [0.29, 0.717) is 46.0 Å². The Balaban J connectivity index is 1.37. The standard InChI is InChI=1S/C34H31ClF2N4O3/c1-5-22-25(36)11-8-18-12-21(42)13-23(26(18)22)30-29(37)28-24(14-38-30)32(39-31(35)27(28)17-6-7-17)40-15-19-9-10-20(16-40)41(19)33(43)44-34(2,3)4/h1,8,11-14,17,19-20,42H,6-7,9-10,15-16H2,2-4H3. The highest BCUT2D eigenvalue weighted by Gasteiger charge is 2.45. The van der Waals surface area contributed by atoms with Crippen LogP contribution >= 0.6 is 11.6 Å². The Hall–Kier alpha value is -4.16. The molecule has 226 valence electrons. The van der Waals surface area contributed by atoms with Crippen LogP contribution in [0.2, 0.25) is 5.15 Å². The average molecular weight is 617 g/mol. The van der Waals surface area contributed by atoms with Crippen LogP contribution in [-0.4, -0.2) is 56.8 Å². The third kappa shape index (κ3) is 4.67. The van der Waals surface area contributed by atoms with Crippen molar-refractivity contribution in [1.82, 2.24) is 14.9 Å². The van der Waals surface area contributed by atoms with Crippen molar-refractivity contribution in [1.29, 1.82) is 0 Å². The van der Waals surface area contributed by atoms with Crippen molar-refractivity contribution in [2.45, 2.75) is 70.1 Å². The Morgan fingerprint density at radius 2 is 1.82 bits per heavy atom. The fraction of sp³-hybridized carbons (Fsp3) is 0.382. The normalized spacial score (nSPS) is 19.9. The Bertz CT molecular complexity index is 1900. The molecule has 7 nitrogen and oxygen atoms in total. The van der Waals surface area contributed by atoms with E-state index in [2.05, 4.69) is 15.8 Å². The number of aromatic nitrogens is 2. The molecule has 1 amide bonds. The van der Waals surface area contributed by atoms with Crippen molar-refractivity contribution in [2.75, 3.05) is 18.0 Å². The fourth-order valence-electron chi connectivity index (χ4n) is 6.85. The van der Waals surface area contributed by atoms with E-state index >= 15 is 4.39 Å². The lowest BCUT2D eigenvalue weighted by Crippen LogP contribution is -2.57. The van der Waals surface area contributed by atoms with Gasteiger partial charge < -0.3 is 14.7 Å². The molecule has 10 heteroatoms. The van der Waals surface area contributed by atoms with Crippen LogP contribution in [0.1, 0.15) is 63.5 Å². The SMILES string of the molecule is C#Cc1c(F)ccc2cc(O)cc(-c3ncc4c(N5CC6CCC(C5)N6C(=O)OC(C)(C)C)nc(Cl)c(C5CC5)c4c3F)c12. The van der Waals surface area contributed by atoms with Gasteiger partial charge in [-0.15, -0.1) is 6.42 Å². The lowest BCUT2D eigenvalue weighted by atomic mass is 9.94. The van der Waals surface area contributed by atoms with Crippen LogP contribution in [0, 0.1) is 24.0 Å². The molecule has 1 aliphatic carbocycles. The van der Waals surface area contributed by atoms with Crippen molar-refractivity contribution in [3.05, 3.63) is 58.4 Å². The van der Waals surface area contributed by atoms with Gasteiger partial charge in [0.15, 0.2) is 5.82 Å². The van der Waals surface area contributed by atoms with Crippen LogP contribution in [0.5, 0.6) is 5.75 Å². The lowest BCUT2D eigenvalue weighted by Gasteiger charge is -2.42. The molecule has 2 saturated heterocycles. The van der Waals surface area contributed by atoms with Crippen molar-refractivity contribution < 1.29 is 23.4 Å². The minimum atomic E-state index is -0.635. The summed E-state index contributed by atoms with van der Waals surface area (Å²) in [5.74, 6) is 1.55. The predicted molar refractivity (Wildman–Crippen MR) is 166 cm³/mol. The molecule has 1 N–H and O–H groups in total. The minimum Gasteiger partial charge on any atom is -0.508 e. The molecule has 4 heterocycles. The highest BCUT2D eigenvalue weighted by molar-refractivity contribution is 6.31. The summed E-state index contributed by atoms with van der Waals surface area (Å²) >= 11 is 6.84. The number of hydrogen-bond acceptors (Lipinski definition) is 6. The zero-order chi connectivity index (χ0) is 31.1. The number of amides is 1. The smallest absolute Gasteiger partial charge is 0.410 e. The number of carbonyl (C=O) groups is 1. The Labute approximate surface area is 258 Å². The first kappa shape index (κ1) is 28.6. The molecule has 2 atom stereocenters. The second-order valence-electron chi connectivity index (χ2n) is 13.0. The molecule has 2 aromatic heterocycles. The number of benzene rings is 2. The largest absolute Gasteiger partial charge is 0.508 e. The molecule has 2 unspecified atom stereocenters. The summed E-state index contributed by atoms with van der Waals surface area (Å²) in [6, 6.07) is 5.35. The molecule has 3 aliphatic rings. The van der Waals surface area contributed by atoms with Gasteiger partial charge in [-0.05, 0) is 76.0 Å². The third-order valence-electron chi connectivity index (χ3n) is 8.78. The molecule has 2 aromatic carbocycles. The number of ether oxygens (including phenoxy) is 1. The van der Waals surface area contributed by atoms with Gasteiger partial charge in [0.05, 0.1) is 17.6 Å². The number of hydrogen-bond donors (Lipinski definition) is 1. The van der Waals surface area contributed by atoms with Gasteiger partial charge in [0.2, 0.25) is 0 Å². The van der Waals surface area contributed by atoms with E-state index < -0.39 is 17.2 Å². The molecular weight excluding hydrogens is 586 g/mol. The molecule has 1 saturated carbocycles. The van der Waals surface area contributed by atoms with Gasteiger partial charge in [0.1, 0.15) is 33.8 Å². The zero-order valence-electron chi connectivity index (χ0n) is 24.6. The highest BCUT2D eigenvalue weighted by atomic mass is 35.5. The topological polar surface area (TPSA) is 78.8 Å². The van der Waals surface area contributed by atoms with Gasteiger partial charge in [0.25, 0.3) is 0 Å². The summed E-state index contributed by atoms with van der Waals surface area (Å²) < 4.78 is 37.4. The number of nitrogens with zero attached hydrogens (tertiary/aromatic N) is 4. The van der Waals surface area contributed by atoms with Crippen molar-refractivity contribution in [3.8, 4) is 29.4 Å². The maximum Gasteiger partial charge on any atom is 0.410 e. The van der Waals surface area contributed by atoms with Crippen LogP contribution in [0.25, 0.3) is 32.8 Å². The Morgan fingerprint density at radius 3 is 2.45 bits per heavy atom. The van der Waals surface area contributed by atoms with Crippen molar-refractivity contribution >= 4 is 45.1 Å². The zero-order valence-corrected chi connectivity index (χ0v) is 25.4. The van der Waals surface area contributed by atoms with E-state index in [4.69, 9.17) is 27.7 Å². The first-order valence-corrected chi connectivity index (χ1v) is 15.2. The van der Waals surface area contributed by atoms with E-state index in [0.717, 1.165) is 25.7 Å². The summed E-state index contributed by atoms with van der Waals surface area (Å²) in [4.78, 5) is 26.3. The monoisotopic (exact) mass is 616 g/mol. The van der Waals surface area contributed by atoms with Crippen molar-refractivity contribution in [2.24, 2.45) is 0 Å². The number of piperazine rings is 1. The molecule has 7 rings (SSSR count). The quantitative estimate of drug-likeness (QED) is 0.189. The Kier molecular flexibility index (Phi) is 6.63. The van der Waals surface area contributed by atoms with E-state index in [1.54, 1.807) is 6.20 Å². The number of carbonyl (C=O) groups excluding carboxylic acids is 1. The summed E-state index contributed by atoms with van der Waals surface area (Å²) in [5, 5.41) is 12.3. The molecule has 4 aromatic rings. The van der Waals surface area contributed by atoms with E-state index in [-0.39, 0.29) is 51.8 Å². The number of anilines is 1. The van der Waals surface area contributed by atoms with E-state index in [1.165, 1.54) is 24.3 Å². The maximum absolute atomic E-state index is 17.0. The molecule has 3 fully saturated rings. The average Bonchev–Trinajstić information content (AvgIpc) is 3.75. The molecule has 2 aliphatic heterocycles. The Morgan fingerprint density at radius 1 is 1.11 bits per heavy atom. The molecule has 2 bridgehead atoms. The third-order valence-corrected chi connectivity index (χ3v) is 9.07. The molecular formula is C34H31ClF2N4O3. The highest BCUT2D eigenvalue weighted by Crippen LogP contribution is 2.50. The first-order chi connectivity index (χ1) is 20.9. The van der Waals surface area contributed by atoms with Crippen LogP contribution in [0.4, 0.5) is 19.4 Å².